The van der Waals surface area contributed by atoms with Crippen molar-refractivity contribution in [3.05, 3.63) is 76.4 Å². The van der Waals surface area contributed by atoms with Gasteiger partial charge in [-0.3, -0.25) is 9.59 Å². The zero-order valence-corrected chi connectivity index (χ0v) is 18.8. The molecule has 1 heterocycles. The van der Waals surface area contributed by atoms with E-state index in [1.54, 1.807) is 12.1 Å². The molecule has 0 aliphatic rings. The van der Waals surface area contributed by atoms with Gasteiger partial charge in [0.1, 0.15) is 0 Å². The quantitative estimate of drug-likeness (QED) is 0.497. The van der Waals surface area contributed by atoms with E-state index in [1.165, 1.54) is 24.3 Å². The fraction of sp³-hybridized carbons (Fsp3) is 0.217. The molecule has 0 atom stereocenters. The fourth-order valence-electron chi connectivity index (χ4n) is 3.45. The molecule has 0 saturated carbocycles. The number of Topliss-reactive ketones (excluding diaryl/α,β-unsaturated/α-hetero) is 2. The van der Waals surface area contributed by atoms with Gasteiger partial charge in [-0.25, -0.2) is 13.6 Å². The third-order valence-electron chi connectivity index (χ3n) is 5.20. The Kier molecular flexibility index (Phi) is 6.79. The van der Waals surface area contributed by atoms with Crippen LogP contribution >= 0.6 is 11.6 Å². The van der Waals surface area contributed by atoms with Crippen LogP contribution in [-0.4, -0.2) is 24.6 Å². The van der Waals surface area contributed by atoms with Crippen molar-refractivity contribution >= 4 is 33.2 Å². The van der Waals surface area contributed by atoms with Crippen molar-refractivity contribution in [2.75, 3.05) is 0 Å². The summed E-state index contributed by atoms with van der Waals surface area (Å²) < 4.78 is 24.7. The van der Waals surface area contributed by atoms with E-state index >= 15 is 0 Å². The Morgan fingerprint density at radius 2 is 1.61 bits per heavy atom. The minimum Gasteiger partial charge on any atom is -0.344 e. The van der Waals surface area contributed by atoms with Crippen molar-refractivity contribution in [1.29, 1.82) is 0 Å². The van der Waals surface area contributed by atoms with E-state index < -0.39 is 10.0 Å². The number of rotatable bonds is 8. The largest absolute Gasteiger partial charge is 0.344 e. The molecule has 8 heteroatoms. The Morgan fingerprint density at radius 1 is 1.00 bits per heavy atom. The smallest absolute Gasteiger partial charge is 0.238 e. The molecule has 162 valence electrons. The minimum atomic E-state index is -3.81. The molecule has 1 aromatic heterocycles. The molecule has 0 radical (unpaired) electrons. The number of hydrogen-bond acceptors (Lipinski definition) is 4. The van der Waals surface area contributed by atoms with Crippen LogP contribution in [0.1, 0.15) is 46.2 Å². The zero-order chi connectivity index (χ0) is 22.8. The molecular weight excluding hydrogens is 436 g/mol. The van der Waals surface area contributed by atoms with Gasteiger partial charge in [-0.15, -0.1) is 0 Å². The van der Waals surface area contributed by atoms with Crippen LogP contribution in [0.15, 0.2) is 59.5 Å². The summed E-state index contributed by atoms with van der Waals surface area (Å²) in [5.41, 5.74) is 3.57. The first-order valence-corrected chi connectivity index (χ1v) is 11.7. The minimum absolute atomic E-state index is 0.0383. The topological polar surface area (TPSA) is 99.2 Å². The summed E-state index contributed by atoms with van der Waals surface area (Å²) in [4.78, 5) is 25.1. The van der Waals surface area contributed by atoms with Crippen LogP contribution in [0.5, 0.6) is 0 Å². The first kappa shape index (κ1) is 22.9. The third-order valence-corrected chi connectivity index (χ3v) is 6.38. The fourth-order valence-corrected chi connectivity index (χ4v) is 4.10. The lowest BCUT2D eigenvalue weighted by atomic mass is 10.1. The molecule has 0 aliphatic carbocycles. The van der Waals surface area contributed by atoms with E-state index in [1.807, 2.05) is 36.6 Å². The second-order valence-electron chi connectivity index (χ2n) is 7.21. The van der Waals surface area contributed by atoms with Gasteiger partial charge in [0.25, 0.3) is 0 Å². The lowest BCUT2D eigenvalue weighted by Gasteiger charge is -2.12. The maximum absolute atomic E-state index is 12.7. The maximum Gasteiger partial charge on any atom is 0.238 e. The van der Waals surface area contributed by atoms with Crippen LogP contribution < -0.4 is 5.14 Å². The van der Waals surface area contributed by atoms with Gasteiger partial charge in [0.15, 0.2) is 11.6 Å². The summed E-state index contributed by atoms with van der Waals surface area (Å²) in [6.45, 7) is 4.06. The predicted octanol–water partition coefficient (Wildman–Crippen LogP) is 4.63. The lowest BCUT2D eigenvalue weighted by molar-refractivity contribution is 0.0975. The monoisotopic (exact) mass is 458 g/mol. The molecule has 31 heavy (non-hydrogen) atoms. The molecule has 6 nitrogen and oxygen atoms in total. The molecule has 3 rings (SSSR count). The molecule has 0 aliphatic heterocycles. The van der Waals surface area contributed by atoms with Gasteiger partial charge >= 0.3 is 0 Å². The summed E-state index contributed by atoms with van der Waals surface area (Å²) in [6.07, 6.45) is 0.574. The van der Waals surface area contributed by atoms with Crippen molar-refractivity contribution in [3.8, 4) is 11.3 Å². The molecule has 2 N–H and O–H groups in total. The van der Waals surface area contributed by atoms with Crippen LogP contribution in [-0.2, 0) is 16.6 Å². The zero-order valence-electron chi connectivity index (χ0n) is 17.3. The maximum atomic E-state index is 12.7. The third kappa shape index (κ3) is 5.12. The van der Waals surface area contributed by atoms with Crippen LogP contribution in [0.4, 0.5) is 0 Å². The number of aromatic nitrogens is 1. The Hall–Kier alpha value is -2.74. The highest BCUT2D eigenvalue weighted by molar-refractivity contribution is 7.89. The summed E-state index contributed by atoms with van der Waals surface area (Å²) in [6, 6.07) is 14.7. The van der Waals surface area contributed by atoms with E-state index in [9.17, 15) is 18.0 Å². The highest BCUT2D eigenvalue weighted by Crippen LogP contribution is 2.28. The SMILES string of the molecule is CCC(=O)c1cc(-c2ccc(Cl)cc2)n(CCC(=O)c2ccc(S(N)(=O)=O)cc2)c1C. The van der Waals surface area contributed by atoms with Gasteiger partial charge in [-0.05, 0) is 42.8 Å². The van der Waals surface area contributed by atoms with Gasteiger partial charge in [-0.2, -0.15) is 0 Å². The number of carbonyl (C=O) groups excluding carboxylic acids is 2. The molecule has 0 saturated heterocycles. The Balaban J connectivity index is 1.89. The van der Waals surface area contributed by atoms with E-state index in [2.05, 4.69) is 0 Å². The number of benzene rings is 2. The Bertz CT molecular complexity index is 1230. The highest BCUT2D eigenvalue weighted by Gasteiger charge is 2.19. The summed E-state index contributed by atoms with van der Waals surface area (Å²) >= 11 is 6.01. The van der Waals surface area contributed by atoms with Crippen molar-refractivity contribution in [2.45, 2.75) is 38.1 Å². The average Bonchev–Trinajstić information content (AvgIpc) is 3.07. The number of halogens is 1. The predicted molar refractivity (Wildman–Crippen MR) is 121 cm³/mol. The van der Waals surface area contributed by atoms with E-state index in [0.717, 1.165) is 17.0 Å². The number of nitrogens with two attached hydrogens (primary N) is 1. The number of hydrogen-bond donors (Lipinski definition) is 1. The molecule has 3 aromatic rings. The summed E-state index contributed by atoms with van der Waals surface area (Å²) in [5, 5.41) is 5.71. The number of nitrogens with zero attached hydrogens (tertiary/aromatic N) is 1. The van der Waals surface area contributed by atoms with Gasteiger partial charge in [-0.1, -0.05) is 42.8 Å². The van der Waals surface area contributed by atoms with Crippen LogP contribution in [0.25, 0.3) is 11.3 Å². The molecule has 0 amide bonds. The number of sulfonamides is 1. The van der Waals surface area contributed by atoms with Gasteiger partial charge in [0, 0.05) is 46.9 Å². The highest BCUT2D eigenvalue weighted by atomic mass is 35.5. The second-order valence-corrected chi connectivity index (χ2v) is 9.20. The van der Waals surface area contributed by atoms with Crippen molar-refractivity contribution in [3.63, 3.8) is 0 Å². The molecule has 0 bridgehead atoms. The van der Waals surface area contributed by atoms with Gasteiger partial charge in [0.2, 0.25) is 10.0 Å². The first-order valence-electron chi connectivity index (χ1n) is 9.77. The first-order chi connectivity index (χ1) is 14.6. The van der Waals surface area contributed by atoms with Gasteiger partial charge in [0.05, 0.1) is 4.90 Å². The molecule has 0 fully saturated rings. The van der Waals surface area contributed by atoms with Crippen molar-refractivity contribution in [1.82, 2.24) is 4.57 Å². The summed E-state index contributed by atoms with van der Waals surface area (Å²) in [5.74, 6) is -0.101. The molecule has 0 spiro atoms. The average molecular weight is 459 g/mol. The Morgan fingerprint density at radius 3 is 2.16 bits per heavy atom. The molecule has 2 aromatic carbocycles. The van der Waals surface area contributed by atoms with Crippen molar-refractivity contribution < 1.29 is 18.0 Å². The number of ketones is 2. The summed E-state index contributed by atoms with van der Waals surface area (Å²) in [7, 11) is -3.81. The number of carbonyl (C=O) groups is 2. The lowest BCUT2D eigenvalue weighted by Crippen LogP contribution is -2.13. The standard InChI is InChI=1S/C23H23ClN2O4S/c1-3-22(27)20-14-21(16-4-8-18(24)9-5-16)26(15(20)2)13-12-23(28)17-6-10-19(11-7-17)31(25,29)30/h4-11,14H,3,12-13H2,1-2H3,(H2,25,29,30). The van der Waals surface area contributed by atoms with Crippen LogP contribution in [0.3, 0.4) is 0 Å². The normalized spacial score (nSPS) is 11.5. The van der Waals surface area contributed by atoms with E-state index in [4.69, 9.17) is 16.7 Å². The molecule has 0 unspecified atom stereocenters. The van der Waals surface area contributed by atoms with E-state index in [-0.39, 0.29) is 22.9 Å². The molecular formula is C23H23ClN2O4S. The second kappa shape index (κ2) is 9.18. The van der Waals surface area contributed by atoms with Crippen LogP contribution in [0, 0.1) is 6.92 Å². The van der Waals surface area contributed by atoms with Gasteiger partial charge < -0.3 is 4.57 Å². The van der Waals surface area contributed by atoms with Crippen LogP contribution in [0.2, 0.25) is 5.02 Å². The van der Waals surface area contributed by atoms with E-state index in [0.29, 0.717) is 29.1 Å². The van der Waals surface area contributed by atoms with Crippen molar-refractivity contribution in [2.24, 2.45) is 5.14 Å². The Labute approximate surface area is 186 Å². The number of primary sulfonamides is 1.